The predicted molar refractivity (Wildman–Crippen MR) is 116 cm³/mol. The van der Waals surface area contributed by atoms with Crippen LogP contribution in [0.1, 0.15) is 49.3 Å². The van der Waals surface area contributed by atoms with Crippen LogP contribution in [0.4, 0.5) is 29.2 Å². The standard InChI is InChI=1S/C23H26F4N4O3/c24-18-20(28-12-22(11-17(32)33)7-9-34-10-8-22)29-13-30-21(18)31-19(14-1-2-14)15-3-5-16(6-4-15)23(25,26)27/h3-6,13-14,19H,1-2,7-12H2,(H,32,33)(H2,28,29,30,31). The average molecular weight is 482 g/mol. The number of carboxylic acids is 1. The summed E-state index contributed by atoms with van der Waals surface area (Å²) in [6.45, 7) is 1.08. The van der Waals surface area contributed by atoms with E-state index in [4.69, 9.17) is 4.74 Å². The predicted octanol–water partition coefficient (Wildman–Crippen LogP) is 4.88. The summed E-state index contributed by atoms with van der Waals surface area (Å²) in [5.74, 6) is -1.62. The van der Waals surface area contributed by atoms with Gasteiger partial charge < -0.3 is 20.5 Å². The number of halogens is 4. The molecule has 11 heteroatoms. The minimum Gasteiger partial charge on any atom is -0.481 e. The maximum Gasteiger partial charge on any atom is 0.416 e. The topological polar surface area (TPSA) is 96.4 Å². The molecule has 7 nitrogen and oxygen atoms in total. The molecule has 2 heterocycles. The fraction of sp³-hybridized carbons (Fsp3) is 0.522. The molecular formula is C23H26F4N4O3. The maximum atomic E-state index is 15.3. The van der Waals surface area contributed by atoms with E-state index in [0.29, 0.717) is 31.6 Å². The zero-order chi connectivity index (χ0) is 24.3. The molecule has 4 rings (SSSR count). The zero-order valence-electron chi connectivity index (χ0n) is 18.4. The van der Waals surface area contributed by atoms with Crippen LogP contribution in [-0.2, 0) is 15.7 Å². The second kappa shape index (κ2) is 9.73. The van der Waals surface area contributed by atoms with Gasteiger partial charge in [-0.05, 0) is 49.3 Å². The van der Waals surface area contributed by atoms with E-state index < -0.39 is 35.0 Å². The lowest BCUT2D eigenvalue weighted by Crippen LogP contribution is -2.38. The van der Waals surface area contributed by atoms with Gasteiger partial charge in [0.1, 0.15) is 6.33 Å². The Morgan fingerprint density at radius 1 is 1.15 bits per heavy atom. The molecule has 1 atom stereocenters. The van der Waals surface area contributed by atoms with Gasteiger partial charge in [0.25, 0.3) is 0 Å². The van der Waals surface area contributed by atoms with Crippen molar-refractivity contribution >= 4 is 17.6 Å². The number of anilines is 2. The summed E-state index contributed by atoms with van der Waals surface area (Å²) < 4.78 is 59.3. The lowest BCUT2D eigenvalue weighted by Gasteiger charge is -2.36. The van der Waals surface area contributed by atoms with Crippen LogP contribution in [0.15, 0.2) is 30.6 Å². The molecule has 0 spiro atoms. The van der Waals surface area contributed by atoms with E-state index in [9.17, 15) is 23.1 Å². The summed E-state index contributed by atoms with van der Waals surface area (Å²) in [4.78, 5) is 19.3. The third-order valence-electron chi connectivity index (χ3n) is 6.48. The Kier molecular flexibility index (Phi) is 6.92. The molecular weight excluding hydrogens is 456 g/mol. The smallest absolute Gasteiger partial charge is 0.416 e. The molecule has 1 saturated carbocycles. The SMILES string of the molecule is O=C(O)CC1(CNc2ncnc(NC(c3ccc(C(F)(F)F)cc3)C3CC3)c2F)CCOCC1. The molecule has 1 aliphatic carbocycles. The molecule has 2 fully saturated rings. The third-order valence-corrected chi connectivity index (χ3v) is 6.48. The van der Waals surface area contributed by atoms with Crippen molar-refractivity contribution in [3.63, 3.8) is 0 Å². The summed E-state index contributed by atoms with van der Waals surface area (Å²) in [5.41, 5.74) is -0.703. The minimum absolute atomic E-state index is 0.0595. The van der Waals surface area contributed by atoms with Gasteiger partial charge >= 0.3 is 12.1 Å². The number of benzene rings is 1. The minimum atomic E-state index is -4.43. The molecule has 1 unspecified atom stereocenters. The Balaban J connectivity index is 1.50. The van der Waals surface area contributed by atoms with E-state index in [1.165, 1.54) is 18.5 Å². The largest absolute Gasteiger partial charge is 0.481 e. The lowest BCUT2D eigenvalue weighted by atomic mass is 9.77. The number of hydrogen-bond donors (Lipinski definition) is 3. The van der Waals surface area contributed by atoms with E-state index in [1.54, 1.807) is 0 Å². The van der Waals surface area contributed by atoms with Gasteiger partial charge in [0, 0.05) is 25.2 Å². The van der Waals surface area contributed by atoms with Crippen molar-refractivity contribution in [2.45, 2.75) is 44.3 Å². The molecule has 0 amide bonds. The number of hydrogen-bond acceptors (Lipinski definition) is 6. The van der Waals surface area contributed by atoms with Crippen molar-refractivity contribution in [1.82, 2.24) is 9.97 Å². The molecule has 3 N–H and O–H groups in total. The fourth-order valence-corrected chi connectivity index (χ4v) is 4.34. The summed E-state index contributed by atoms with van der Waals surface area (Å²) >= 11 is 0. The number of carboxylic acid groups (broad SMARTS) is 1. The van der Waals surface area contributed by atoms with E-state index in [0.717, 1.165) is 25.0 Å². The highest BCUT2D eigenvalue weighted by Crippen LogP contribution is 2.44. The van der Waals surface area contributed by atoms with Crippen molar-refractivity contribution in [2.24, 2.45) is 11.3 Å². The molecule has 2 aromatic rings. The second-order valence-electron chi connectivity index (χ2n) is 9.00. The van der Waals surface area contributed by atoms with Crippen LogP contribution in [-0.4, -0.2) is 40.8 Å². The Morgan fingerprint density at radius 3 is 2.38 bits per heavy atom. The van der Waals surface area contributed by atoms with Crippen LogP contribution in [0.5, 0.6) is 0 Å². The molecule has 1 aliphatic heterocycles. The molecule has 34 heavy (non-hydrogen) atoms. The third kappa shape index (κ3) is 5.75. The molecule has 1 saturated heterocycles. The zero-order valence-corrected chi connectivity index (χ0v) is 18.4. The van der Waals surface area contributed by atoms with Gasteiger partial charge in [-0.3, -0.25) is 4.79 Å². The average Bonchev–Trinajstić information content (AvgIpc) is 3.63. The maximum absolute atomic E-state index is 15.3. The Hall–Kier alpha value is -2.95. The Morgan fingerprint density at radius 2 is 1.79 bits per heavy atom. The summed E-state index contributed by atoms with van der Waals surface area (Å²) in [6.07, 6.45) is -0.504. The number of carbonyl (C=O) groups is 1. The molecule has 0 radical (unpaired) electrons. The van der Waals surface area contributed by atoms with Crippen molar-refractivity contribution in [3.05, 3.63) is 47.5 Å². The van der Waals surface area contributed by atoms with Gasteiger partial charge in [-0.15, -0.1) is 0 Å². The Labute approximate surface area is 193 Å². The molecule has 2 aliphatic rings. The highest BCUT2D eigenvalue weighted by molar-refractivity contribution is 5.68. The molecule has 1 aromatic heterocycles. The van der Waals surface area contributed by atoms with E-state index >= 15 is 4.39 Å². The summed E-state index contributed by atoms with van der Waals surface area (Å²) in [6, 6.07) is 4.44. The van der Waals surface area contributed by atoms with E-state index in [1.807, 2.05) is 0 Å². The normalized spacial score (nSPS) is 18.8. The van der Waals surface area contributed by atoms with Crippen molar-refractivity contribution in [3.8, 4) is 0 Å². The van der Waals surface area contributed by atoms with Gasteiger partial charge in [-0.25, -0.2) is 9.97 Å². The van der Waals surface area contributed by atoms with E-state index in [2.05, 4.69) is 20.6 Å². The van der Waals surface area contributed by atoms with Crippen molar-refractivity contribution in [1.29, 1.82) is 0 Å². The molecule has 184 valence electrons. The summed E-state index contributed by atoms with van der Waals surface area (Å²) in [7, 11) is 0. The van der Waals surface area contributed by atoms with Gasteiger partial charge in [-0.2, -0.15) is 17.6 Å². The van der Waals surface area contributed by atoms with Crippen molar-refractivity contribution in [2.75, 3.05) is 30.4 Å². The van der Waals surface area contributed by atoms with Crippen molar-refractivity contribution < 1.29 is 32.2 Å². The van der Waals surface area contributed by atoms with Crippen LogP contribution in [0, 0.1) is 17.2 Å². The second-order valence-corrected chi connectivity index (χ2v) is 9.00. The first-order valence-corrected chi connectivity index (χ1v) is 11.1. The first-order valence-electron chi connectivity index (χ1n) is 11.1. The van der Waals surface area contributed by atoms with Gasteiger partial charge in [0.05, 0.1) is 18.0 Å². The highest BCUT2D eigenvalue weighted by Gasteiger charge is 2.37. The molecule has 1 aromatic carbocycles. The first-order chi connectivity index (χ1) is 16.2. The number of alkyl halides is 3. The number of nitrogens with zero attached hydrogens (tertiary/aromatic N) is 2. The van der Waals surface area contributed by atoms with Crippen LogP contribution in [0.25, 0.3) is 0 Å². The highest BCUT2D eigenvalue weighted by atomic mass is 19.4. The number of aliphatic carboxylic acids is 1. The molecule has 0 bridgehead atoms. The Bertz CT molecular complexity index is 1010. The quantitative estimate of drug-likeness (QED) is 0.439. The van der Waals surface area contributed by atoms with E-state index in [-0.39, 0.29) is 30.5 Å². The van der Waals surface area contributed by atoms with Crippen LogP contribution in [0.2, 0.25) is 0 Å². The number of aromatic nitrogens is 2. The number of nitrogens with one attached hydrogen (secondary N) is 2. The number of rotatable bonds is 9. The van der Waals surface area contributed by atoms with Crippen LogP contribution in [0.3, 0.4) is 0 Å². The van der Waals surface area contributed by atoms with Gasteiger partial charge in [-0.1, -0.05) is 12.1 Å². The van der Waals surface area contributed by atoms with Gasteiger partial charge in [0.2, 0.25) is 5.82 Å². The monoisotopic (exact) mass is 482 g/mol. The lowest BCUT2D eigenvalue weighted by molar-refractivity contribution is -0.141. The van der Waals surface area contributed by atoms with Crippen LogP contribution < -0.4 is 10.6 Å². The van der Waals surface area contributed by atoms with Gasteiger partial charge in [0.15, 0.2) is 11.6 Å². The number of ether oxygens (including phenoxy) is 1. The van der Waals surface area contributed by atoms with Crippen LogP contribution >= 0.6 is 0 Å². The first kappa shape index (κ1) is 24.2. The fourth-order valence-electron chi connectivity index (χ4n) is 4.34. The summed E-state index contributed by atoms with van der Waals surface area (Å²) in [5, 5.41) is 15.3.